The summed E-state index contributed by atoms with van der Waals surface area (Å²) in [5, 5.41) is 10.4. The van der Waals surface area contributed by atoms with Crippen LogP contribution in [0.3, 0.4) is 0 Å². The average Bonchev–Trinajstić information content (AvgIpc) is 3.17. The molecule has 0 radical (unpaired) electrons. The molecule has 2 heterocycles. The summed E-state index contributed by atoms with van der Waals surface area (Å²) < 4.78 is 0. The Balaban J connectivity index is 1.37. The largest absolute Gasteiger partial charge is 0.354 e. The van der Waals surface area contributed by atoms with E-state index in [1.807, 2.05) is 7.05 Å². The molecule has 1 aromatic heterocycles. The van der Waals surface area contributed by atoms with Crippen LogP contribution in [0.4, 0.5) is 0 Å². The molecule has 0 atom stereocenters. The van der Waals surface area contributed by atoms with Crippen LogP contribution in [0.2, 0.25) is 0 Å². The number of hydrogen-bond acceptors (Lipinski definition) is 4. The second kappa shape index (κ2) is 10.4. The molecule has 2 aliphatic rings. The van der Waals surface area contributed by atoms with E-state index in [2.05, 4.69) is 39.8 Å². The summed E-state index contributed by atoms with van der Waals surface area (Å²) in [6.07, 6.45) is 9.66. The third-order valence-electron chi connectivity index (χ3n) is 5.89. The smallest absolute Gasteiger partial charge is 0.191 e. The number of likely N-dealkylation sites (tertiary alicyclic amines) is 1. The molecular weight excluding hydrogens is 354 g/mol. The number of piperidine rings is 1. The van der Waals surface area contributed by atoms with Crippen molar-refractivity contribution >= 4 is 17.3 Å². The molecule has 1 saturated heterocycles. The van der Waals surface area contributed by atoms with Gasteiger partial charge < -0.3 is 15.5 Å². The van der Waals surface area contributed by atoms with Gasteiger partial charge in [-0.05, 0) is 31.6 Å². The van der Waals surface area contributed by atoms with Crippen molar-refractivity contribution < 1.29 is 0 Å². The van der Waals surface area contributed by atoms with E-state index in [1.165, 1.54) is 69.6 Å². The summed E-state index contributed by atoms with van der Waals surface area (Å²) in [7, 11) is 1.86. The number of nitrogens with zero attached hydrogens (tertiary/aromatic N) is 3. The number of aliphatic imine (C=N–C) groups is 1. The molecule has 1 saturated carbocycles. The lowest BCUT2D eigenvalue weighted by Gasteiger charge is -2.36. The van der Waals surface area contributed by atoms with Crippen LogP contribution in [0.15, 0.2) is 10.4 Å². The summed E-state index contributed by atoms with van der Waals surface area (Å²) in [5.41, 5.74) is 1.11. The molecule has 0 unspecified atom stereocenters. The highest BCUT2D eigenvalue weighted by molar-refractivity contribution is 7.09. The van der Waals surface area contributed by atoms with Gasteiger partial charge >= 0.3 is 0 Å². The van der Waals surface area contributed by atoms with Crippen molar-refractivity contribution in [2.45, 2.75) is 77.3 Å². The predicted octanol–water partition coefficient (Wildman–Crippen LogP) is 3.98. The highest BCUT2D eigenvalue weighted by Gasteiger charge is 2.23. The van der Waals surface area contributed by atoms with Gasteiger partial charge in [-0.3, -0.25) is 4.99 Å². The first-order valence-corrected chi connectivity index (χ1v) is 11.7. The van der Waals surface area contributed by atoms with Crippen molar-refractivity contribution in [2.75, 3.05) is 26.7 Å². The molecule has 2 fully saturated rings. The van der Waals surface area contributed by atoms with E-state index in [0.29, 0.717) is 12.0 Å². The monoisotopic (exact) mass is 391 g/mol. The summed E-state index contributed by atoms with van der Waals surface area (Å²) >= 11 is 1.75. The molecule has 1 aliphatic heterocycles. The highest BCUT2D eigenvalue weighted by atomic mass is 32.1. The van der Waals surface area contributed by atoms with E-state index in [-0.39, 0.29) is 0 Å². The molecule has 1 aliphatic carbocycles. The number of aromatic nitrogens is 1. The Morgan fingerprint density at radius 2 is 1.96 bits per heavy atom. The molecule has 6 heteroatoms. The number of nitrogens with one attached hydrogen (secondary N) is 2. The van der Waals surface area contributed by atoms with Gasteiger partial charge in [0.15, 0.2) is 5.96 Å². The van der Waals surface area contributed by atoms with Crippen LogP contribution in [0.5, 0.6) is 0 Å². The van der Waals surface area contributed by atoms with Crippen molar-refractivity contribution in [3.8, 4) is 0 Å². The van der Waals surface area contributed by atoms with Crippen molar-refractivity contribution in [3.63, 3.8) is 0 Å². The lowest BCUT2D eigenvalue weighted by Crippen LogP contribution is -2.49. The van der Waals surface area contributed by atoms with Crippen LogP contribution in [-0.4, -0.2) is 48.6 Å². The first-order chi connectivity index (χ1) is 13.1. The molecule has 3 rings (SSSR count). The Morgan fingerprint density at radius 3 is 2.59 bits per heavy atom. The lowest BCUT2D eigenvalue weighted by molar-refractivity contribution is 0.160. The predicted molar refractivity (Wildman–Crippen MR) is 116 cm³/mol. The van der Waals surface area contributed by atoms with Crippen molar-refractivity contribution in [1.82, 2.24) is 20.5 Å². The van der Waals surface area contributed by atoms with Gasteiger partial charge in [-0.1, -0.05) is 33.1 Å². The summed E-state index contributed by atoms with van der Waals surface area (Å²) in [4.78, 5) is 11.8. The maximum absolute atomic E-state index is 4.69. The van der Waals surface area contributed by atoms with Crippen LogP contribution < -0.4 is 10.6 Å². The minimum absolute atomic E-state index is 0.500. The molecule has 5 nitrogen and oxygen atoms in total. The standard InChI is InChI=1S/C21H37N5S/c1-16(2)20-24-19(15-27-20)13-23-21(22-3)25-18-9-11-26(12-10-18)14-17-7-5-4-6-8-17/h15-18H,4-14H2,1-3H3,(H2,22,23,25). The Morgan fingerprint density at radius 1 is 1.22 bits per heavy atom. The van der Waals surface area contributed by atoms with Gasteiger partial charge in [-0.15, -0.1) is 11.3 Å². The van der Waals surface area contributed by atoms with Gasteiger partial charge in [0, 0.05) is 44.0 Å². The normalized spacial score (nSPS) is 21.0. The first kappa shape index (κ1) is 20.6. The fourth-order valence-electron chi connectivity index (χ4n) is 4.23. The quantitative estimate of drug-likeness (QED) is 0.569. The summed E-state index contributed by atoms with van der Waals surface area (Å²) in [5.74, 6) is 2.35. The molecular formula is C21H37N5S. The Labute approximate surface area is 169 Å². The highest BCUT2D eigenvalue weighted by Crippen LogP contribution is 2.25. The molecule has 2 N–H and O–H groups in total. The number of rotatable bonds is 6. The fraction of sp³-hybridized carbons (Fsp3) is 0.810. The van der Waals surface area contributed by atoms with Crippen LogP contribution in [-0.2, 0) is 6.54 Å². The zero-order valence-corrected chi connectivity index (χ0v) is 18.2. The zero-order chi connectivity index (χ0) is 19.1. The topological polar surface area (TPSA) is 52.6 Å². The number of hydrogen-bond donors (Lipinski definition) is 2. The fourth-order valence-corrected chi connectivity index (χ4v) is 5.06. The minimum atomic E-state index is 0.500. The van der Waals surface area contributed by atoms with E-state index >= 15 is 0 Å². The molecule has 0 spiro atoms. The van der Waals surface area contributed by atoms with Gasteiger partial charge in [-0.25, -0.2) is 4.98 Å². The first-order valence-electron chi connectivity index (χ1n) is 10.8. The third kappa shape index (κ3) is 6.46. The van der Waals surface area contributed by atoms with Crippen molar-refractivity contribution in [2.24, 2.45) is 10.9 Å². The van der Waals surface area contributed by atoms with Crippen molar-refractivity contribution in [1.29, 1.82) is 0 Å². The maximum atomic E-state index is 4.69. The molecule has 0 bridgehead atoms. The second-order valence-electron chi connectivity index (χ2n) is 8.48. The maximum Gasteiger partial charge on any atom is 0.191 e. The van der Waals surface area contributed by atoms with Gasteiger partial charge in [0.05, 0.1) is 17.2 Å². The lowest BCUT2D eigenvalue weighted by atomic mass is 9.88. The van der Waals surface area contributed by atoms with E-state index in [4.69, 9.17) is 4.98 Å². The number of guanidine groups is 1. The van der Waals surface area contributed by atoms with Gasteiger partial charge in [0.25, 0.3) is 0 Å². The minimum Gasteiger partial charge on any atom is -0.354 e. The van der Waals surface area contributed by atoms with E-state index in [1.54, 1.807) is 11.3 Å². The van der Waals surface area contributed by atoms with Gasteiger partial charge in [0.2, 0.25) is 0 Å². The van der Waals surface area contributed by atoms with E-state index < -0.39 is 0 Å². The molecule has 0 amide bonds. The van der Waals surface area contributed by atoms with Crippen LogP contribution in [0.1, 0.15) is 75.4 Å². The molecule has 0 aromatic carbocycles. The second-order valence-corrected chi connectivity index (χ2v) is 9.37. The van der Waals surface area contributed by atoms with E-state index in [9.17, 15) is 0 Å². The van der Waals surface area contributed by atoms with Crippen molar-refractivity contribution in [3.05, 3.63) is 16.1 Å². The Kier molecular flexibility index (Phi) is 7.94. The Bertz CT molecular complexity index is 583. The molecule has 1 aromatic rings. The molecule has 152 valence electrons. The summed E-state index contributed by atoms with van der Waals surface area (Å²) in [6.45, 7) is 8.88. The molecule has 27 heavy (non-hydrogen) atoms. The SMILES string of the molecule is CN=C(NCc1csc(C(C)C)n1)NC1CCN(CC2CCCCC2)CC1. The zero-order valence-electron chi connectivity index (χ0n) is 17.3. The summed E-state index contributed by atoms with van der Waals surface area (Å²) in [6, 6.07) is 0.528. The third-order valence-corrected chi connectivity index (χ3v) is 7.09. The van der Waals surface area contributed by atoms with Gasteiger partial charge in [0.1, 0.15) is 0 Å². The van der Waals surface area contributed by atoms with Crippen LogP contribution in [0.25, 0.3) is 0 Å². The van der Waals surface area contributed by atoms with Crippen LogP contribution in [0, 0.1) is 5.92 Å². The van der Waals surface area contributed by atoms with E-state index in [0.717, 1.165) is 24.1 Å². The van der Waals surface area contributed by atoms with Crippen LogP contribution >= 0.6 is 11.3 Å². The van der Waals surface area contributed by atoms with Gasteiger partial charge in [-0.2, -0.15) is 0 Å². The number of thiazole rings is 1. The average molecular weight is 392 g/mol. The Hall–Kier alpha value is -1.14.